The van der Waals surface area contributed by atoms with Crippen molar-refractivity contribution in [3.8, 4) is 5.75 Å². The van der Waals surface area contributed by atoms with E-state index in [4.69, 9.17) is 4.74 Å². The van der Waals surface area contributed by atoms with Crippen molar-refractivity contribution in [1.82, 2.24) is 0 Å². The number of benzene rings is 1. The van der Waals surface area contributed by atoms with E-state index in [1.54, 1.807) is 12.1 Å². The van der Waals surface area contributed by atoms with E-state index in [0.29, 0.717) is 0 Å². The first-order valence-electron chi connectivity index (χ1n) is 4.86. The van der Waals surface area contributed by atoms with E-state index in [2.05, 4.69) is 19.6 Å². The Morgan fingerprint density at radius 2 is 1.71 bits per heavy atom. The molecule has 0 radical (unpaired) electrons. The standard InChI is InChI=1S/C11H17FOSi/c1-14(2,3)9-8-13-11-6-4-10(12)5-7-11/h4-7H,8-9H2,1-3H3. The van der Waals surface area contributed by atoms with Crippen molar-refractivity contribution in [3.05, 3.63) is 30.1 Å². The van der Waals surface area contributed by atoms with E-state index in [-0.39, 0.29) is 5.82 Å². The predicted molar refractivity (Wildman–Crippen MR) is 60.0 cm³/mol. The summed E-state index contributed by atoms with van der Waals surface area (Å²) in [6, 6.07) is 7.30. The average Bonchev–Trinajstić information content (AvgIpc) is 2.06. The summed E-state index contributed by atoms with van der Waals surface area (Å²) in [6.45, 7) is 7.66. The van der Waals surface area contributed by atoms with Crippen LogP contribution in [0.25, 0.3) is 0 Å². The van der Waals surface area contributed by atoms with Crippen molar-refractivity contribution in [2.75, 3.05) is 6.61 Å². The second kappa shape index (κ2) is 4.60. The van der Waals surface area contributed by atoms with Gasteiger partial charge in [-0.05, 0) is 30.3 Å². The Hall–Kier alpha value is -0.833. The lowest BCUT2D eigenvalue weighted by Crippen LogP contribution is -2.22. The molecule has 0 amide bonds. The number of hydrogen-bond acceptors (Lipinski definition) is 1. The van der Waals surface area contributed by atoms with Crippen LogP contribution in [0.15, 0.2) is 24.3 Å². The molecule has 0 fully saturated rings. The van der Waals surface area contributed by atoms with Crippen molar-refractivity contribution in [2.45, 2.75) is 25.7 Å². The number of ether oxygens (including phenoxy) is 1. The predicted octanol–water partition coefficient (Wildman–Crippen LogP) is 3.54. The first-order valence-corrected chi connectivity index (χ1v) is 8.56. The van der Waals surface area contributed by atoms with Crippen LogP contribution in [-0.4, -0.2) is 14.7 Å². The van der Waals surface area contributed by atoms with Crippen molar-refractivity contribution in [2.24, 2.45) is 0 Å². The zero-order valence-electron chi connectivity index (χ0n) is 9.01. The van der Waals surface area contributed by atoms with E-state index in [1.165, 1.54) is 12.1 Å². The molecule has 0 aromatic heterocycles. The molecule has 0 unspecified atom stereocenters. The van der Waals surface area contributed by atoms with Crippen molar-refractivity contribution in [3.63, 3.8) is 0 Å². The maximum atomic E-state index is 12.5. The molecule has 0 aliphatic carbocycles. The minimum absolute atomic E-state index is 0.220. The molecule has 0 N–H and O–H groups in total. The Labute approximate surface area is 85.9 Å². The van der Waals surface area contributed by atoms with E-state index in [1.807, 2.05) is 0 Å². The number of rotatable bonds is 4. The van der Waals surface area contributed by atoms with E-state index in [0.717, 1.165) is 18.4 Å². The maximum Gasteiger partial charge on any atom is 0.123 e. The maximum absolute atomic E-state index is 12.5. The molecule has 1 rings (SSSR count). The SMILES string of the molecule is C[Si](C)(C)CCOc1ccc(F)cc1. The molecular weight excluding hydrogens is 195 g/mol. The van der Waals surface area contributed by atoms with Gasteiger partial charge in [0.05, 0.1) is 6.61 Å². The van der Waals surface area contributed by atoms with Crippen molar-refractivity contribution >= 4 is 8.07 Å². The first kappa shape index (κ1) is 11.2. The minimum atomic E-state index is -1.02. The second-order valence-corrected chi connectivity index (χ2v) is 10.2. The van der Waals surface area contributed by atoms with Crippen LogP contribution in [0.4, 0.5) is 4.39 Å². The molecule has 0 aliphatic rings. The highest BCUT2D eigenvalue weighted by Gasteiger charge is 2.12. The van der Waals surface area contributed by atoms with Crippen LogP contribution in [0.2, 0.25) is 25.7 Å². The molecule has 3 heteroatoms. The summed E-state index contributed by atoms with van der Waals surface area (Å²) in [7, 11) is -1.02. The van der Waals surface area contributed by atoms with Gasteiger partial charge in [-0.1, -0.05) is 19.6 Å². The van der Waals surface area contributed by atoms with Crippen LogP contribution in [0.3, 0.4) is 0 Å². The summed E-state index contributed by atoms with van der Waals surface area (Å²) in [6.07, 6.45) is 0. The molecule has 0 saturated heterocycles. The number of hydrogen-bond donors (Lipinski definition) is 0. The molecule has 14 heavy (non-hydrogen) atoms. The second-order valence-electron chi connectivity index (χ2n) is 4.61. The third-order valence-electron chi connectivity index (χ3n) is 1.93. The summed E-state index contributed by atoms with van der Waals surface area (Å²) < 4.78 is 18.1. The molecule has 0 atom stereocenters. The van der Waals surface area contributed by atoms with Gasteiger partial charge in [-0.25, -0.2) is 4.39 Å². The van der Waals surface area contributed by atoms with Gasteiger partial charge in [-0.15, -0.1) is 0 Å². The fraction of sp³-hybridized carbons (Fsp3) is 0.455. The summed E-state index contributed by atoms with van der Waals surface area (Å²) in [4.78, 5) is 0. The summed E-state index contributed by atoms with van der Waals surface area (Å²) >= 11 is 0. The molecule has 0 heterocycles. The molecule has 0 saturated carbocycles. The Morgan fingerprint density at radius 1 is 1.14 bits per heavy atom. The number of halogens is 1. The van der Waals surface area contributed by atoms with E-state index in [9.17, 15) is 4.39 Å². The zero-order chi connectivity index (χ0) is 10.6. The van der Waals surface area contributed by atoms with Crippen LogP contribution in [0, 0.1) is 5.82 Å². The lowest BCUT2D eigenvalue weighted by atomic mass is 10.3. The Bertz CT molecular complexity index is 276. The van der Waals surface area contributed by atoms with E-state index < -0.39 is 8.07 Å². The highest BCUT2D eigenvalue weighted by molar-refractivity contribution is 6.76. The summed E-state index contributed by atoms with van der Waals surface area (Å²) in [5.74, 6) is 0.534. The lowest BCUT2D eigenvalue weighted by Gasteiger charge is -2.15. The molecule has 0 bridgehead atoms. The highest BCUT2D eigenvalue weighted by atomic mass is 28.3. The van der Waals surface area contributed by atoms with Crippen LogP contribution >= 0.6 is 0 Å². The van der Waals surface area contributed by atoms with Gasteiger partial charge in [-0.3, -0.25) is 0 Å². The fourth-order valence-corrected chi connectivity index (χ4v) is 1.72. The van der Waals surface area contributed by atoms with Crippen LogP contribution in [0.1, 0.15) is 0 Å². The van der Waals surface area contributed by atoms with Crippen LogP contribution < -0.4 is 4.74 Å². The minimum Gasteiger partial charge on any atom is -0.494 e. The van der Waals surface area contributed by atoms with Crippen LogP contribution in [-0.2, 0) is 0 Å². The lowest BCUT2D eigenvalue weighted by molar-refractivity contribution is 0.337. The third kappa shape index (κ3) is 4.42. The van der Waals surface area contributed by atoms with Gasteiger partial charge in [0.15, 0.2) is 0 Å². The average molecular weight is 212 g/mol. The Morgan fingerprint density at radius 3 is 2.21 bits per heavy atom. The van der Waals surface area contributed by atoms with Gasteiger partial charge in [0, 0.05) is 8.07 Å². The van der Waals surface area contributed by atoms with Gasteiger partial charge < -0.3 is 4.74 Å². The molecule has 0 aliphatic heterocycles. The Balaban J connectivity index is 2.35. The normalized spacial score (nSPS) is 11.4. The first-order chi connectivity index (χ1) is 6.47. The molecule has 0 spiro atoms. The van der Waals surface area contributed by atoms with Gasteiger partial charge >= 0.3 is 0 Å². The van der Waals surface area contributed by atoms with Crippen LogP contribution in [0.5, 0.6) is 5.75 Å². The molecule has 1 aromatic carbocycles. The topological polar surface area (TPSA) is 9.23 Å². The summed E-state index contributed by atoms with van der Waals surface area (Å²) in [5.41, 5.74) is 0. The smallest absolute Gasteiger partial charge is 0.123 e. The monoisotopic (exact) mass is 212 g/mol. The van der Waals surface area contributed by atoms with Gasteiger partial charge in [0.1, 0.15) is 11.6 Å². The van der Waals surface area contributed by atoms with Crippen molar-refractivity contribution in [1.29, 1.82) is 0 Å². The quantitative estimate of drug-likeness (QED) is 0.694. The van der Waals surface area contributed by atoms with Gasteiger partial charge in [-0.2, -0.15) is 0 Å². The molecule has 1 aromatic rings. The van der Waals surface area contributed by atoms with Gasteiger partial charge in [0.2, 0.25) is 0 Å². The highest BCUT2D eigenvalue weighted by Crippen LogP contribution is 2.13. The molecular formula is C11H17FOSi. The summed E-state index contributed by atoms with van der Waals surface area (Å²) in [5, 5.41) is 0. The van der Waals surface area contributed by atoms with Gasteiger partial charge in [0.25, 0.3) is 0 Å². The van der Waals surface area contributed by atoms with Crippen molar-refractivity contribution < 1.29 is 9.13 Å². The largest absolute Gasteiger partial charge is 0.494 e. The molecule has 78 valence electrons. The molecule has 1 nitrogen and oxygen atoms in total. The fourth-order valence-electron chi connectivity index (χ4n) is 1.01. The van der Waals surface area contributed by atoms with E-state index >= 15 is 0 Å². The third-order valence-corrected chi connectivity index (χ3v) is 3.64. The zero-order valence-corrected chi connectivity index (χ0v) is 10.0. The Kier molecular flexibility index (Phi) is 3.69.